The summed E-state index contributed by atoms with van der Waals surface area (Å²) >= 11 is 0. The molecule has 1 amide bonds. The lowest BCUT2D eigenvalue weighted by Gasteiger charge is -2.19. The molecule has 0 heterocycles. The van der Waals surface area contributed by atoms with Crippen LogP contribution in [0.25, 0.3) is 0 Å². The van der Waals surface area contributed by atoms with E-state index >= 15 is 0 Å². The molecule has 0 saturated heterocycles. The number of oxime groups is 1. The van der Waals surface area contributed by atoms with Gasteiger partial charge in [-0.25, -0.2) is 9.18 Å². The van der Waals surface area contributed by atoms with Gasteiger partial charge in [-0.3, -0.25) is 0 Å². The van der Waals surface area contributed by atoms with Gasteiger partial charge in [0.15, 0.2) is 0 Å². The molecule has 1 aromatic rings. The van der Waals surface area contributed by atoms with Crippen LogP contribution >= 0.6 is 0 Å². The molecule has 0 aromatic heterocycles. The highest BCUT2D eigenvalue weighted by molar-refractivity contribution is 5.79. The highest BCUT2D eigenvalue weighted by atomic mass is 19.1. The van der Waals surface area contributed by atoms with E-state index in [0.29, 0.717) is 5.56 Å². The molecule has 0 unspecified atom stereocenters. The maximum atomic E-state index is 13.5. The van der Waals surface area contributed by atoms with Crippen LogP contribution in [0, 0.1) is 5.82 Å². The molecule has 0 aliphatic rings. The van der Waals surface area contributed by atoms with Gasteiger partial charge in [-0.2, -0.15) is 0 Å². The average molecular weight is 268 g/mol. The van der Waals surface area contributed by atoms with Crippen LogP contribution < -0.4 is 5.32 Å². The number of nitrogens with one attached hydrogen (secondary N) is 1. The fourth-order valence-electron chi connectivity index (χ4n) is 1.36. The van der Waals surface area contributed by atoms with E-state index in [4.69, 9.17) is 9.94 Å². The number of halogens is 1. The molecule has 0 aliphatic carbocycles. The minimum atomic E-state index is -0.617. The zero-order valence-corrected chi connectivity index (χ0v) is 11.1. The van der Waals surface area contributed by atoms with Gasteiger partial charge in [-0.1, -0.05) is 11.2 Å². The third-order valence-electron chi connectivity index (χ3n) is 2.10. The zero-order valence-electron chi connectivity index (χ0n) is 11.1. The van der Waals surface area contributed by atoms with Gasteiger partial charge in [-0.05, 0) is 38.5 Å². The number of carbonyl (C=O) groups excluding carboxylic acids is 1. The van der Waals surface area contributed by atoms with Crippen molar-refractivity contribution in [2.45, 2.75) is 32.9 Å². The van der Waals surface area contributed by atoms with E-state index in [9.17, 15) is 9.18 Å². The van der Waals surface area contributed by atoms with Crippen molar-refractivity contribution in [3.05, 3.63) is 35.1 Å². The molecule has 0 bridgehead atoms. The molecule has 5 nitrogen and oxygen atoms in total. The lowest BCUT2D eigenvalue weighted by molar-refractivity contribution is 0.0523. The van der Waals surface area contributed by atoms with Gasteiger partial charge in [0.2, 0.25) is 0 Å². The average Bonchev–Trinajstić information content (AvgIpc) is 2.28. The molecular formula is C13H17FN2O3. The normalized spacial score (nSPS) is 11.6. The van der Waals surface area contributed by atoms with E-state index in [0.717, 1.165) is 0 Å². The fraction of sp³-hybridized carbons (Fsp3) is 0.385. The highest BCUT2D eigenvalue weighted by Gasteiger charge is 2.16. The standard InChI is InChI=1S/C13H17FN2O3/c1-13(2,3)19-12(17)15-8-10-6-9(7-16-18)4-5-11(10)14/h4-7,18H,8H2,1-3H3,(H,15,17)/b16-7+. The minimum Gasteiger partial charge on any atom is -0.444 e. The van der Waals surface area contributed by atoms with Gasteiger partial charge < -0.3 is 15.3 Å². The first-order valence-corrected chi connectivity index (χ1v) is 5.74. The van der Waals surface area contributed by atoms with E-state index < -0.39 is 17.5 Å². The largest absolute Gasteiger partial charge is 0.444 e. The summed E-state index contributed by atoms with van der Waals surface area (Å²) in [7, 11) is 0. The van der Waals surface area contributed by atoms with Crippen LogP contribution in [0.1, 0.15) is 31.9 Å². The Balaban J connectivity index is 2.67. The van der Waals surface area contributed by atoms with E-state index in [1.165, 1.54) is 24.4 Å². The van der Waals surface area contributed by atoms with Crippen LogP contribution in [0.2, 0.25) is 0 Å². The SMILES string of the molecule is CC(C)(C)OC(=O)NCc1cc(/C=N/O)ccc1F. The number of carbonyl (C=O) groups is 1. The first-order valence-electron chi connectivity index (χ1n) is 5.74. The van der Waals surface area contributed by atoms with Crippen LogP contribution in [-0.2, 0) is 11.3 Å². The van der Waals surface area contributed by atoms with E-state index in [1.54, 1.807) is 20.8 Å². The topological polar surface area (TPSA) is 70.9 Å². The smallest absolute Gasteiger partial charge is 0.407 e. The Labute approximate surface area is 111 Å². The summed E-state index contributed by atoms with van der Waals surface area (Å²) in [6.07, 6.45) is 0.560. The van der Waals surface area contributed by atoms with Crippen LogP contribution in [-0.4, -0.2) is 23.1 Å². The summed E-state index contributed by atoms with van der Waals surface area (Å²) in [6, 6.07) is 4.18. The molecule has 1 aromatic carbocycles. The van der Waals surface area contributed by atoms with E-state index in [2.05, 4.69) is 10.5 Å². The van der Waals surface area contributed by atoms with Crippen molar-refractivity contribution in [1.29, 1.82) is 0 Å². The fourth-order valence-corrected chi connectivity index (χ4v) is 1.36. The minimum absolute atomic E-state index is 0.00610. The third kappa shape index (κ3) is 5.37. The number of ether oxygens (including phenoxy) is 1. The number of alkyl carbamates (subject to hydrolysis) is 1. The molecule has 0 spiro atoms. The Bertz CT molecular complexity index is 481. The van der Waals surface area contributed by atoms with Gasteiger partial charge in [0.05, 0.1) is 6.21 Å². The molecule has 2 N–H and O–H groups in total. The summed E-state index contributed by atoms with van der Waals surface area (Å²) in [5.41, 5.74) is 0.210. The van der Waals surface area contributed by atoms with Crippen molar-refractivity contribution in [2.75, 3.05) is 0 Å². The Morgan fingerprint density at radius 2 is 2.21 bits per heavy atom. The number of hydrogen-bond acceptors (Lipinski definition) is 4. The molecule has 0 aliphatic heterocycles. The van der Waals surface area contributed by atoms with Gasteiger partial charge in [0, 0.05) is 12.1 Å². The van der Waals surface area contributed by atoms with Crippen LogP contribution in [0.4, 0.5) is 9.18 Å². The second-order valence-electron chi connectivity index (χ2n) is 4.95. The molecule has 0 atom stereocenters. The quantitative estimate of drug-likeness (QED) is 0.503. The predicted molar refractivity (Wildman–Crippen MR) is 68.9 cm³/mol. The number of amides is 1. The Kier molecular flexibility index (Phi) is 4.86. The maximum absolute atomic E-state index is 13.5. The van der Waals surface area contributed by atoms with E-state index in [1.807, 2.05) is 0 Å². The number of nitrogens with zero attached hydrogens (tertiary/aromatic N) is 1. The van der Waals surface area contributed by atoms with Gasteiger partial charge in [0.1, 0.15) is 11.4 Å². The Hall–Kier alpha value is -2.11. The monoisotopic (exact) mass is 268 g/mol. The van der Waals surface area contributed by atoms with Crippen LogP contribution in [0.5, 0.6) is 0 Å². The highest BCUT2D eigenvalue weighted by Crippen LogP contribution is 2.10. The van der Waals surface area contributed by atoms with Crippen molar-refractivity contribution in [1.82, 2.24) is 5.32 Å². The third-order valence-corrected chi connectivity index (χ3v) is 2.10. The molecule has 1 rings (SSSR count). The van der Waals surface area contributed by atoms with Gasteiger partial charge >= 0.3 is 6.09 Å². The number of rotatable bonds is 3. The van der Waals surface area contributed by atoms with Crippen molar-refractivity contribution in [2.24, 2.45) is 5.16 Å². The molecular weight excluding hydrogens is 251 g/mol. The number of hydrogen-bond donors (Lipinski definition) is 2. The first kappa shape index (κ1) is 14.9. The lowest BCUT2D eigenvalue weighted by Crippen LogP contribution is -2.32. The zero-order chi connectivity index (χ0) is 14.5. The van der Waals surface area contributed by atoms with Gasteiger partial charge in [-0.15, -0.1) is 0 Å². The summed E-state index contributed by atoms with van der Waals surface area (Å²) in [5.74, 6) is -0.453. The van der Waals surface area contributed by atoms with Crippen molar-refractivity contribution in [3.8, 4) is 0 Å². The van der Waals surface area contributed by atoms with E-state index in [-0.39, 0.29) is 12.1 Å². The molecule has 0 radical (unpaired) electrons. The Morgan fingerprint density at radius 1 is 1.53 bits per heavy atom. The Morgan fingerprint density at radius 3 is 2.79 bits per heavy atom. The lowest BCUT2D eigenvalue weighted by atomic mass is 10.1. The molecule has 6 heteroatoms. The predicted octanol–water partition coefficient (Wildman–Crippen LogP) is 2.66. The van der Waals surface area contributed by atoms with Crippen molar-refractivity contribution in [3.63, 3.8) is 0 Å². The summed E-state index contributed by atoms with van der Waals surface area (Å²) in [4.78, 5) is 11.4. The molecule has 0 saturated carbocycles. The van der Waals surface area contributed by atoms with Crippen molar-refractivity contribution < 1.29 is 19.1 Å². The summed E-state index contributed by atoms with van der Waals surface area (Å²) in [5, 5.41) is 13.7. The van der Waals surface area contributed by atoms with Crippen LogP contribution in [0.15, 0.2) is 23.4 Å². The van der Waals surface area contributed by atoms with Gasteiger partial charge in [0.25, 0.3) is 0 Å². The van der Waals surface area contributed by atoms with Crippen molar-refractivity contribution >= 4 is 12.3 Å². The summed E-state index contributed by atoms with van der Waals surface area (Å²) < 4.78 is 18.5. The molecule has 19 heavy (non-hydrogen) atoms. The second-order valence-corrected chi connectivity index (χ2v) is 4.95. The molecule has 104 valence electrons. The number of benzene rings is 1. The summed E-state index contributed by atoms with van der Waals surface area (Å²) in [6.45, 7) is 5.22. The molecule has 0 fully saturated rings. The maximum Gasteiger partial charge on any atom is 0.407 e. The first-order chi connectivity index (χ1) is 8.81. The second kappa shape index (κ2) is 6.17. The van der Waals surface area contributed by atoms with Crippen LogP contribution in [0.3, 0.4) is 0 Å².